The van der Waals surface area contributed by atoms with Crippen LogP contribution in [0.5, 0.6) is 0 Å². The van der Waals surface area contributed by atoms with Crippen LogP contribution in [0, 0.1) is 11.3 Å². The number of nitrogens with zero attached hydrogens (tertiary/aromatic N) is 2. The summed E-state index contributed by atoms with van der Waals surface area (Å²) in [7, 11) is -1.90. The molecule has 2 atom stereocenters. The van der Waals surface area contributed by atoms with Crippen LogP contribution in [0.25, 0.3) is 0 Å². The average molecular weight is 427 g/mol. The van der Waals surface area contributed by atoms with Gasteiger partial charge in [-0.3, -0.25) is 0 Å². The van der Waals surface area contributed by atoms with Crippen molar-refractivity contribution in [3.05, 3.63) is 29.3 Å². The zero-order chi connectivity index (χ0) is 22.0. The molecule has 0 spiro atoms. The van der Waals surface area contributed by atoms with Crippen LogP contribution >= 0.6 is 0 Å². The highest BCUT2D eigenvalue weighted by atomic mass is 28.4. The van der Waals surface area contributed by atoms with Gasteiger partial charge in [0, 0.05) is 24.4 Å². The van der Waals surface area contributed by atoms with Gasteiger partial charge in [0.25, 0.3) is 0 Å². The van der Waals surface area contributed by atoms with Crippen molar-refractivity contribution in [3.63, 3.8) is 0 Å². The van der Waals surface area contributed by atoms with E-state index in [1.54, 1.807) is 12.1 Å². The monoisotopic (exact) mass is 426 g/mol. The highest BCUT2D eigenvalue weighted by Crippen LogP contribution is 2.40. The molecule has 1 aliphatic carbocycles. The first-order chi connectivity index (χ1) is 13.3. The van der Waals surface area contributed by atoms with Gasteiger partial charge in [0.05, 0.1) is 17.2 Å². The molecule has 0 N–H and O–H groups in total. The molecule has 1 aromatic carbocycles. The second-order valence-corrected chi connectivity index (χ2v) is 14.2. The number of halogens is 3. The molecule has 1 aliphatic rings. The predicted octanol–water partition coefficient (Wildman–Crippen LogP) is 6.74. The number of benzene rings is 1. The summed E-state index contributed by atoms with van der Waals surface area (Å²) in [6.45, 7) is 13.7. The van der Waals surface area contributed by atoms with E-state index in [4.69, 9.17) is 9.69 Å². The number of alkyl halides is 3. The Morgan fingerprint density at radius 2 is 1.86 bits per heavy atom. The largest absolute Gasteiger partial charge is 0.417 e. The smallest absolute Gasteiger partial charge is 0.414 e. The number of hydrogen-bond donors (Lipinski definition) is 0. The van der Waals surface area contributed by atoms with Gasteiger partial charge in [0.2, 0.25) is 0 Å². The van der Waals surface area contributed by atoms with Crippen LogP contribution in [-0.4, -0.2) is 27.0 Å². The first-order valence-electron chi connectivity index (χ1n) is 10.4. The van der Waals surface area contributed by atoms with E-state index in [1.165, 1.54) is 6.07 Å². The fourth-order valence-electron chi connectivity index (χ4n) is 3.80. The van der Waals surface area contributed by atoms with Gasteiger partial charge in [-0.2, -0.15) is 18.4 Å². The Hall–Kier alpha value is -1.52. The standard InChI is InChI=1S/C22H33F3N2OSi/c1-7-27(18-12-11-16(15-26)20(14-18)22(23,24)25)17-9-8-10-19(13-17)28-29(5,6)21(2,3)4/h11-12,14,17,19H,7-10,13H2,1-6H3. The lowest BCUT2D eigenvalue weighted by Crippen LogP contribution is -2.48. The molecule has 1 saturated carbocycles. The van der Waals surface area contributed by atoms with Crippen LogP contribution in [0.1, 0.15) is 64.5 Å². The summed E-state index contributed by atoms with van der Waals surface area (Å²) in [5, 5.41) is 9.17. The lowest BCUT2D eigenvalue weighted by Gasteiger charge is -2.44. The highest BCUT2D eigenvalue weighted by Gasteiger charge is 2.41. The Kier molecular flexibility index (Phi) is 7.12. The van der Waals surface area contributed by atoms with Crippen molar-refractivity contribution < 1.29 is 17.6 Å². The fraction of sp³-hybridized carbons (Fsp3) is 0.682. The molecular weight excluding hydrogens is 393 g/mol. The van der Waals surface area contributed by atoms with Gasteiger partial charge in [-0.1, -0.05) is 20.8 Å². The third-order valence-electron chi connectivity index (χ3n) is 6.41. The minimum atomic E-state index is -4.54. The van der Waals surface area contributed by atoms with E-state index in [1.807, 2.05) is 11.8 Å². The minimum absolute atomic E-state index is 0.124. The molecule has 7 heteroatoms. The molecule has 0 aliphatic heterocycles. The Morgan fingerprint density at radius 3 is 2.38 bits per heavy atom. The van der Waals surface area contributed by atoms with Crippen molar-refractivity contribution in [3.8, 4) is 6.07 Å². The number of rotatable bonds is 5. The summed E-state index contributed by atoms with van der Waals surface area (Å²) in [4.78, 5) is 2.04. The first kappa shape index (κ1) is 23.8. The Labute approximate surface area is 174 Å². The van der Waals surface area contributed by atoms with Crippen LogP contribution in [0.4, 0.5) is 18.9 Å². The molecule has 1 aromatic rings. The molecular formula is C22H33F3N2OSi. The number of hydrogen-bond acceptors (Lipinski definition) is 3. The van der Waals surface area contributed by atoms with E-state index in [-0.39, 0.29) is 22.7 Å². The molecule has 162 valence electrons. The first-order valence-corrected chi connectivity index (χ1v) is 13.3. The normalized spacial score (nSPS) is 21.0. The Balaban J connectivity index is 2.25. The molecule has 0 amide bonds. The molecule has 1 fully saturated rings. The van der Waals surface area contributed by atoms with Gasteiger partial charge in [-0.15, -0.1) is 0 Å². The van der Waals surface area contributed by atoms with E-state index in [9.17, 15) is 13.2 Å². The van der Waals surface area contributed by atoms with Crippen molar-refractivity contribution in [1.82, 2.24) is 0 Å². The van der Waals surface area contributed by atoms with Crippen molar-refractivity contribution in [2.75, 3.05) is 11.4 Å². The summed E-state index contributed by atoms with van der Waals surface area (Å²) in [6.07, 6.45) is -0.635. The van der Waals surface area contributed by atoms with E-state index < -0.39 is 20.1 Å². The molecule has 3 nitrogen and oxygen atoms in total. The van der Waals surface area contributed by atoms with Crippen molar-refractivity contribution in [2.45, 2.75) is 89.8 Å². The molecule has 0 saturated heterocycles. The van der Waals surface area contributed by atoms with Gasteiger partial charge in [0.1, 0.15) is 0 Å². The van der Waals surface area contributed by atoms with Crippen LogP contribution < -0.4 is 4.90 Å². The van der Waals surface area contributed by atoms with Gasteiger partial charge < -0.3 is 9.33 Å². The highest BCUT2D eigenvalue weighted by molar-refractivity contribution is 6.74. The third kappa shape index (κ3) is 5.55. The van der Waals surface area contributed by atoms with Gasteiger partial charge in [0.15, 0.2) is 8.32 Å². The van der Waals surface area contributed by atoms with Gasteiger partial charge in [-0.05, 0) is 68.9 Å². The number of nitriles is 1. The Morgan fingerprint density at radius 1 is 1.21 bits per heavy atom. The minimum Gasteiger partial charge on any atom is -0.414 e. The maximum atomic E-state index is 13.4. The molecule has 0 bridgehead atoms. The van der Waals surface area contributed by atoms with E-state index >= 15 is 0 Å². The SMILES string of the molecule is CCN(c1ccc(C#N)c(C(F)(F)F)c1)C1CCCC(O[Si](C)(C)C(C)(C)C)C1. The van der Waals surface area contributed by atoms with Gasteiger partial charge >= 0.3 is 6.18 Å². The van der Waals surface area contributed by atoms with Crippen LogP contribution in [0.15, 0.2) is 18.2 Å². The second kappa shape index (κ2) is 8.69. The maximum Gasteiger partial charge on any atom is 0.417 e. The molecule has 0 heterocycles. The van der Waals surface area contributed by atoms with E-state index in [0.717, 1.165) is 31.7 Å². The molecule has 0 radical (unpaired) electrons. The predicted molar refractivity (Wildman–Crippen MR) is 114 cm³/mol. The molecule has 2 rings (SSSR count). The zero-order valence-electron chi connectivity index (χ0n) is 18.4. The van der Waals surface area contributed by atoms with Gasteiger partial charge in [-0.25, -0.2) is 0 Å². The summed E-state index contributed by atoms with van der Waals surface area (Å²) < 4.78 is 46.8. The topological polar surface area (TPSA) is 36.3 Å². The Bertz CT molecular complexity index is 750. The summed E-state index contributed by atoms with van der Waals surface area (Å²) in [6, 6.07) is 5.84. The lowest BCUT2D eigenvalue weighted by atomic mass is 9.91. The molecule has 2 unspecified atom stereocenters. The molecule has 0 aromatic heterocycles. The summed E-state index contributed by atoms with van der Waals surface area (Å²) in [5.41, 5.74) is -0.669. The summed E-state index contributed by atoms with van der Waals surface area (Å²) in [5.74, 6) is 0. The second-order valence-electron chi connectivity index (χ2n) is 9.45. The quantitative estimate of drug-likeness (QED) is 0.489. The summed E-state index contributed by atoms with van der Waals surface area (Å²) >= 11 is 0. The van der Waals surface area contributed by atoms with Crippen molar-refractivity contribution in [2.24, 2.45) is 0 Å². The van der Waals surface area contributed by atoms with Crippen molar-refractivity contribution >= 4 is 14.0 Å². The fourth-order valence-corrected chi connectivity index (χ4v) is 5.20. The lowest BCUT2D eigenvalue weighted by molar-refractivity contribution is -0.137. The maximum absolute atomic E-state index is 13.4. The average Bonchev–Trinajstić information content (AvgIpc) is 2.60. The zero-order valence-corrected chi connectivity index (χ0v) is 19.4. The van der Waals surface area contributed by atoms with E-state index in [0.29, 0.717) is 12.2 Å². The van der Waals surface area contributed by atoms with Crippen molar-refractivity contribution in [1.29, 1.82) is 5.26 Å². The third-order valence-corrected chi connectivity index (χ3v) is 10.9. The van der Waals surface area contributed by atoms with Crippen LogP contribution in [0.2, 0.25) is 18.1 Å². The molecule has 29 heavy (non-hydrogen) atoms. The number of anilines is 1. The van der Waals surface area contributed by atoms with Crippen LogP contribution in [0.3, 0.4) is 0 Å². The van der Waals surface area contributed by atoms with E-state index in [2.05, 4.69) is 33.9 Å². The van der Waals surface area contributed by atoms with Crippen LogP contribution in [-0.2, 0) is 10.6 Å².